The van der Waals surface area contributed by atoms with Crippen molar-refractivity contribution < 1.29 is 13.3 Å². The second-order valence-electron chi connectivity index (χ2n) is 18.6. The van der Waals surface area contributed by atoms with E-state index in [1.54, 1.807) is 0 Å². The van der Waals surface area contributed by atoms with E-state index in [1.165, 1.54) is 32.3 Å². The lowest BCUT2D eigenvalue weighted by Gasteiger charge is -2.17. The fraction of sp³-hybridized carbons (Fsp3) is 0. The molecule has 0 atom stereocenters. The van der Waals surface area contributed by atoms with Crippen molar-refractivity contribution in [2.24, 2.45) is 0 Å². The highest BCUT2D eigenvalue weighted by Gasteiger charge is 2.24. The maximum atomic E-state index is 6.59. The molecule has 7 nitrogen and oxygen atoms in total. The molecule has 334 valence electrons. The van der Waals surface area contributed by atoms with Gasteiger partial charge >= 0.3 is 0 Å². The van der Waals surface area contributed by atoms with Crippen molar-refractivity contribution in [3.05, 3.63) is 218 Å². The normalized spacial score (nSPS) is 12.2. The van der Waals surface area contributed by atoms with E-state index in [0.717, 1.165) is 110 Å². The summed E-state index contributed by atoms with van der Waals surface area (Å²) in [7, 11) is 0. The Morgan fingerprint density at radius 1 is 0.278 bits per heavy atom. The van der Waals surface area contributed by atoms with Crippen LogP contribution in [0.2, 0.25) is 0 Å². The van der Waals surface area contributed by atoms with Gasteiger partial charge in [-0.3, -0.25) is 0 Å². The number of hydrogen-bond acceptors (Lipinski definition) is 6. The molecule has 72 heavy (non-hydrogen) atoms. The summed E-state index contributed by atoms with van der Waals surface area (Å²) in [5.74, 6) is 1.60. The molecule has 5 heterocycles. The van der Waals surface area contributed by atoms with Crippen molar-refractivity contribution in [1.82, 2.24) is 19.5 Å². The van der Waals surface area contributed by atoms with Crippen LogP contribution in [0.25, 0.3) is 160 Å². The zero-order valence-electron chi connectivity index (χ0n) is 38.3. The minimum absolute atomic E-state index is 0.529. The average molecular weight is 921 g/mol. The van der Waals surface area contributed by atoms with Crippen LogP contribution < -0.4 is 0 Å². The smallest absolute Gasteiger partial charge is 0.164 e. The summed E-state index contributed by atoms with van der Waals surface area (Å²) in [6, 6.07) is 76.4. The molecule has 16 rings (SSSR count). The molecule has 7 heteroatoms. The van der Waals surface area contributed by atoms with E-state index >= 15 is 0 Å². The molecule has 0 radical (unpaired) electrons. The number of hydrogen-bond donors (Lipinski definition) is 0. The molecule has 5 aromatic heterocycles. The standard InChI is InChI=1S/C65H36N4O3/c1-3-16-39-35-52-49(32-37(39)14-1)50-33-38-15-2-4-17-40(38)36-53(50)69(52)51-31-30-41(34-48(51)42-21-11-27-57-60(42)43-18-5-8-24-54(43)70-57)63-66-64(46-22-12-28-58-61(46)44-19-6-9-25-55(44)71-58)68-65(67-63)47-23-13-29-59-62(47)45-20-7-10-26-56(45)72-59/h1-36H. The Balaban J connectivity index is 1.02. The van der Waals surface area contributed by atoms with E-state index in [4.69, 9.17) is 28.2 Å². The second-order valence-corrected chi connectivity index (χ2v) is 18.6. The SMILES string of the molecule is c1ccc2cc3c(cc2c1)c1cc2ccccc2cc1n3-c1ccc(-c2nc(-c3cccc4oc5ccccc5c34)nc(-c3cccc4oc5ccccc5c34)n2)cc1-c1cccc2oc3ccccc3c12. The van der Waals surface area contributed by atoms with Gasteiger partial charge in [-0.15, -0.1) is 0 Å². The topological polar surface area (TPSA) is 83.0 Å². The molecule has 0 amide bonds. The predicted molar refractivity (Wildman–Crippen MR) is 293 cm³/mol. The molecule has 0 spiro atoms. The van der Waals surface area contributed by atoms with Gasteiger partial charge < -0.3 is 17.8 Å². The fourth-order valence-corrected chi connectivity index (χ4v) is 11.4. The maximum absolute atomic E-state index is 6.59. The lowest BCUT2D eigenvalue weighted by molar-refractivity contribution is 0.668. The zero-order valence-corrected chi connectivity index (χ0v) is 38.3. The highest BCUT2D eigenvalue weighted by Crippen LogP contribution is 2.45. The number of nitrogens with zero attached hydrogens (tertiary/aromatic N) is 4. The number of aromatic nitrogens is 4. The van der Waals surface area contributed by atoms with Crippen LogP contribution in [0.1, 0.15) is 0 Å². The van der Waals surface area contributed by atoms with Gasteiger partial charge in [0.2, 0.25) is 0 Å². The fourth-order valence-electron chi connectivity index (χ4n) is 11.4. The third-order valence-corrected chi connectivity index (χ3v) is 14.6. The third-order valence-electron chi connectivity index (χ3n) is 14.6. The minimum Gasteiger partial charge on any atom is -0.456 e. The van der Waals surface area contributed by atoms with Gasteiger partial charge in [0.05, 0.1) is 16.7 Å². The molecule has 0 bridgehead atoms. The second kappa shape index (κ2) is 14.8. The first-order valence-corrected chi connectivity index (χ1v) is 24.2. The summed E-state index contributed by atoms with van der Waals surface area (Å²) in [4.78, 5) is 16.3. The number of fused-ring (bicyclic) bond motifs is 14. The van der Waals surface area contributed by atoms with Gasteiger partial charge in [0.25, 0.3) is 0 Å². The van der Waals surface area contributed by atoms with Crippen LogP contribution in [0.15, 0.2) is 232 Å². The predicted octanol–water partition coefficient (Wildman–Crippen LogP) is 17.6. The van der Waals surface area contributed by atoms with Crippen molar-refractivity contribution in [3.63, 3.8) is 0 Å². The first-order valence-electron chi connectivity index (χ1n) is 24.2. The van der Waals surface area contributed by atoms with Crippen LogP contribution in [-0.2, 0) is 0 Å². The van der Waals surface area contributed by atoms with Crippen LogP contribution >= 0.6 is 0 Å². The summed E-state index contributed by atoms with van der Waals surface area (Å²) in [5, 5.41) is 13.1. The molecule has 0 aliphatic rings. The van der Waals surface area contributed by atoms with Gasteiger partial charge in [-0.2, -0.15) is 0 Å². The van der Waals surface area contributed by atoms with E-state index in [1.807, 2.05) is 72.8 Å². The molecule has 0 fully saturated rings. The van der Waals surface area contributed by atoms with Crippen LogP contribution in [0.3, 0.4) is 0 Å². The lowest BCUT2D eigenvalue weighted by Crippen LogP contribution is -2.02. The Kier molecular flexibility index (Phi) is 8.04. The Morgan fingerprint density at radius 2 is 0.667 bits per heavy atom. The van der Waals surface area contributed by atoms with Crippen LogP contribution in [0.4, 0.5) is 0 Å². The molecule has 0 aliphatic carbocycles. The average Bonchev–Trinajstić information content (AvgIpc) is 4.20. The van der Waals surface area contributed by atoms with E-state index in [2.05, 4.69) is 150 Å². The molecule has 0 unspecified atom stereocenters. The van der Waals surface area contributed by atoms with Crippen molar-refractivity contribution in [2.75, 3.05) is 0 Å². The number of benzene rings is 11. The van der Waals surface area contributed by atoms with E-state index < -0.39 is 0 Å². The van der Waals surface area contributed by atoms with Crippen molar-refractivity contribution in [2.45, 2.75) is 0 Å². The van der Waals surface area contributed by atoms with Crippen LogP contribution in [-0.4, -0.2) is 19.5 Å². The van der Waals surface area contributed by atoms with E-state index in [-0.39, 0.29) is 0 Å². The van der Waals surface area contributed by atoms with Gasteiger partial charge in [0, 0.05) is 65.3 Å². The Hall–Kier alpha value is -9.85. The first kappa shape index (κ1) is 39.0. The van der Waals surface area contributed by atoms with Crippen LogP contribution in [0.5, 0.6) is 0 Å². The Morgan fingerprint density at radius 3 is 1.15 bits per heavy atom. The molecule has 16 aromatic rings. The van der Waals surface area contributed by atoms with Gasteiger partial charge in [-0.05, 0) is 106 Å². The van der Waals surface area contributed by atoms with Crippen molar-refractivity contribution >= 4 is 109 Å². The Bertz CT molecular complexity index is 4730. The van der Waals surface area contributed by atoms with Gasteiger partial charge in [0.1, 0.15) is 33.5 Å². The summed E-state index contributed by atoms with van der Waals surface area (Å²) < 4.78 is 21.9. The maximum Gasteiger partial charge on any atom is 0.164 e. The first-order chi connectivity index (χ1) is 35.7. The van der Waals surface area contributed by atoms with Crippen molar-refractivity contribution in [3.8, 4) is 51.0 Å². The molecule has 11 aromatic carbocycles. The lowest BCUT2D eigenvalue weighted by atomic mass is 9.95. The highest BCUT2D eigenvalue weighted by molar-refractivity contribution is 6.19. The monoisotopic (exact) mass is 920 g/mol. The molecule has 0 aliphatic heterocycles. The zero-order chi connectivity index (χ0) is 47.0. The summed E-state index contributed by atoms with van der Waals surface area (Å²) in [6.45, 7) is 0. The largest absolute Gasteiger partial charge is 0.456 e. The molecular weight excluding hydrogens is 885 g/mol. The van der Waals surface area contributed by atoms with E-state index in [9.17, 15) is 0 Å². The highest BCUT2D eigenvalue weighted by atomic mass is 16.3. The van der Waals surface area contributed by atoms with Crippen molar-refractivity contribution in [1.29, 1.82) is 0 Å². The third kappa shape index (κ3) is 5.70. The van der Waals surface area contributed by atoms with E-state index in [0.29, 0.717) is 17.5 Å². The van der Waals surface area contributed by atoms with Crippen LogP contribution in [0, 0.1) is 0 Å². The Labute approximate surface area is 409 Å². The van der Waals surface area contributed by atoms with Gasteiger partial charge in [0.15, 0.2) is 17.5 Å². The molecule has 0 saturated heterocycles. The number of furan rings is 3. The summed E-state index contributed by atoms with van der Waals surface area (Å²) >= 11 is 0. The van der Waals surface area contributed by atoms with Gasteiger partial charge in [-0.1, -0.05) is 140 Å². The summed E-state index contributed by atoms with van der Waals surface area (Å²) in [5.41, 5.74) is 12.6. The molecule has 0 saturated carbocycles. The summed E-state index contributed by atoms with van der Waals surface area (Å²) in [6.07, 6.45) is 0. The number of rotatable bonds is 5. The quantitative estimate of drug-likeness (QED) is 0.171. The van der Waals surface area contributed by atoms with Gasteiger partial charge in [-0.25, -0.2) is 15.0 Å². The molecular formula is C65H36N4O3. The number of para-hydroxylation sites is 3. The minimum atomic E-state index is 0.529. The molecule has 0 N–H and O–H groups in total.